The molecule has 0 saturated carbocycles. The second kappa shape index (κ2) is 9.22. The lowest BCUT2D eigenvalue weighted by atomic mass is 10.0. The summed E-state index contributed by atoms with van der Waals surface area (Å²) in [5, 5.41) is 8.30. The van der Waals surface area contributed by atoms with Crippen molar-refractivity contribution in [3.63, 3.8) is 0 Å². The molecule has 0 unspecified atom stereocenters. The monoisotopic (exact) mass is 425 g/mol. The van der Waals surface area contributed by atoms with E-state index in [2.05, 4.69) is 10.2 Å². The van der Waals surface area contributed by atoms with Crippen molar-refractivity contribution >= 4 is 17.5 Å². The Kier molecular flexibility index (Phi) is 6.23. The lowest BCUT2D eigenvalue weighted by molar-refractivity contribution is -0.132. The summed E-state index contributed by atoms with van der Waals surface area (Å²) in [6.45, 7) is 1.77. The van der Waals surface area contributed by atoms with Crippen LogP contribution < -0.4 is 9.47 Å². The summed E-state index contributed by atoms with van der Waals surface area (Å²) in [5.41, 5.74) is 4.08. The van der Waals surface area contributed by atoms with Crippen LogP contribution in [0.3, 0.4) is 0 Å². The average molecular weight is 426 g/mol. The normalized spacial score (nSPS) is 13.1. The molecule has 3 aromatic rings. The van der Waals surface area contributed by atoms with Gasteiger partial charge in [-0.3, -0.25) is 9.89 Å². The maximum absolute atomic E-state index is 12.7. The Hall–Kier alpha value is -2.99. The van der Waals surface area contributed by atoms with Gasteiger partial charge in [-0.25, -0.2) is 0 Å². The molecule has 0 fully saturated rings. The predicted octanol–water partition coefficient (Wildman–Crippen LogP) is 4.48. The van der Waals surface area contributed by atoms with E-state index < -0.39 is 0 Å². The van der Waals surface area contributed by atoms with E-state index in [-0.39, 0.29) is 5.91 Å². The number of aromatic nitrogens is 2. The van der Waals surface area contributed by atoms with Crippen molar-refractivity contribution in [3.8, 4) is 22.8 Å². The van der Waals surface area contributed by atoms with Crippen LogP contribution in [0.5, 0.6) is 11.5 Å². The van der Waals surface area contributed by atoms with E-state index in [0.29, 0.717) is 37.6 Å². The molecule has 0 radical (unpaired) electrons. The van der Waals surface area contributed by atoms with Gasteiger partial charge in [-0.05, 0) is 42.8 Å². The van der Waals surface area contributed by atoms with Gasteiger partial charge >= 0.3 is 0 Å². The second-order valence-electron chi connectivity index (χ2n) is 7.23. The highest BCUT2D eigenvalue weighted by Crippen LogP contribution is 2.29. The number of aromatic amines is 1. The molecule has 6 nitrogen and oxygen atoms in total. The van der Waals surface area contributed by atoms with Gasteiger partial charge in [0.25, 0.3) is 0 Å². The van der Waals surface area contributed by atoms with E-state index in [9.17, 15) is 4.79 Å². The minimum Gasteiger partial charge on any atom is -0.497 e. The summed E-state index contributed by atoms with van der Waals surface area (Å²) in [7, 11) is 1.63. The Labute approximate surface area is 180 Å². The number of halogens is 1. The van der Waals surface area contributed by atoms with Crippen molar-refractivity contribution in [2.45, 2.75) is 25.8 Å². The average Bonchev–Trinajstić information content (AvgIpc) is 3.21. The number of hydrogen-bond donors (Lipinski definition) is 1. The Balaban J connectivity index is 1.31. The molecule has 2 aromatic carbocycles. The Morgan fingerprint density at radius 3 is 2.60 bits per heavy atom. The van der Waals surface area contributed by atoms with Crippen molar-refractivity contribution in [2.75, 3.05) is 20.3 Å². The van der Waals surface area contributed by atoms with Crippen molar-refractivity contribution < 1.29 is 14.3 Å². The number of carbonyl (C=O) groups is 1. The Bertz CT molecular complexity index is 1000. The van der Waals surface area contributed by atoms with E-state index in [1.54, 1.807) is 7.11 Å². The summed E-state index contributed by atoms with van der Waals surface area (Å²) in [4.78, 5) is 14.6. The van der Waals surface area contributed by atoms with Gasteiger partial charge in [-0.1, -0.05) is 23.7 Å². The maximum atomic E-state index is 12.7. The number of hydrogen-bond acceptors (Lipinski definition) is 4. The number of benzene rings is 2. The first-order valence-electron chi connectivity index (χ1n) is 10.0. The fourth-order valence-corrected chi connectivity index (χ4v) is 3.72. The largest absolute Gasteiger partial charge is 0.497 e. The summed E-state index contributed by atoms with van der Waals surface area (Å²) < 4.78 is 10.9. The number of carbonyl (C=O) groups excluding carboxylic acids is 1. The molecule has 1 aliphatic heterocycles. The van der Waals surface area contributed by atoms with Gasteiger partial charge in [-0.2, -0.15) is 5.10 Å². The molecule has 0 spiro atoms. The topological polar surface area (TPSA) is 67.5 Å². The van der Waals surface area contributed by atoms with Crippen molar-refractivity contribution in [2.24, 2.45) is 0 Å². The number of ether oxygens (including phenoxy) is 2. The standard InChI is InChI=1S/C23H24ClN3O3/c1-29-18-8-10-19(11-9-18)30-14-2-3-22(28)27-13-12-21-20(15-27)23(26-25-21)16-4-6-17(24)7-5-16/h4-11H,2-3,12-15H2,1H3,(H,25,26). The predicted molar refractivity (Wildman–Crippen MR) is 116 cm³/mol. The number of methoxy groups -OCH3 is 1. The van der Waals surface area contributed by atoms with Crippen LogP contribution in [0.15, 0.2) is 48.5 Å². The smallest absolute Gasteiger partial charge is 0.223 e. The summed E-state index contributed by atoms with van der Waals surface area (Å²) in [6, 6.07) is 15.1. The van der Waals surface area contributed by atoms with E-state index in [0.717, 1.165) is 40.4 Å². The molecule has 1 aromatic heterocycles. The quantitative estimate of drug-likeness (QED) is 0.566. The summed E-state index contributed by atoms with van der Waals surface area (Å²) in [5.74, 6) is 1.71. The molecule has 0 atom stereocenters. The molecule has 0 saturated heterocycles. The lowest BCUT2D eigenvalue weighted by Crippen LogP contribution is -2.36. The van der Waals surface area contributed by atoms with Gasteiger partial charge < -0.3 is 14.4 Å². The zero-order valence-electron chi connectivity index (χ0n) is 16.9. The van der Waals surface area contributed by atoms with Crippen LogP contribution >= 0.6 is 11.6 Å². The molecular weight excluding hydrogens is 402 g/mol. The van der Waals surface area contributed by atoms with Crippen LogP contribution in [0.25, 0.3) is 11.3 Å². The van der Waals surface area contributed by atoms with E-state index >= 15 is 0 Å². The zero-order chi connectivity index (χ0) is 20.9. The molecule has 156 valence electrons. The van der Waals surface area contributed by atoms with Crippen LogP contribution in [0.2, 0.25) is 5.02 Å². The van der Waals surface area contributed by atoms with Gasteiger partial charge in [0.05, 0.1) is 19.4 Å². The number of fused-ring (bicyclic) bond motifs is 1. The minimum atomic E-state index is 0.141. The third kappa shape index (κ3) is 4.60. The van der Waals surface area contributed by atoms with Crippen LogP contribution in [0.1, 0.15) is 24.1 Å². The molecule has 0 bridgehead atoms. The van der Waals surface area contributed by atoms with Crippen molar-refractivity contribution in [3.05, 3.63) is 64.8 Å². The fourth-order valence-electron chi connectivity index (χ4n) is 3.60. The Morgan fingerprint density at radius 1 is 1.13 bits per heavy atom. The maximum Gasteiger partial charge on any atom is 0.223 e. The van der Waals surface area contributed by atoms with E-state index in [1.165, 1.54) is 0 Å². The van der Waals surface area contributed by atoms with Gasteiger partial charge in [0.1, 0.15) is 11.5 Å². The first kappa shape index (κ1) is 20.3. The zero-order valence-corrected chi connectivity index (χ0v) is 17.6. The molecule has 2 heterocycles. The molecular formula is C23H24ClN3O3. The third-order valence-corrected chi connectivity index (χ3v) is 5.52. The van der Waals surface area contributed by atoms with Crippen LogP contribution in [0.4, 0.5) is 0 Å². The third-order valence-electron chi connectivity index (χ3n) is 5.27. The molecule has 1 aliphatic rings. The van der Waals surface area contributed by atoms with E-state index in [4.69, 9.17) is 21.1 Å². The molecule has 1 amide bonds. The highest BCUT2D eigenvalue weighted by Gasteiger charge is 2.25. The SMILES string of the molecule is COc1ccc(OCCCC(=O)N2CCc3[nH]nc(-c4ccc(Cl)cc4)c3C2)cc1. The molecule has 0 aliphatic carbocycles. The summed E-state index contributed by atoms with van der Waals surface area (Å²) in [6.07, 6.45) is 1.91. The Morgan fingerprint density at radius 2 is 1.87 bits per heavy atom. The first-order chi connectivity index (χ1) is 14.6. The number of amides is 1. The summed E-state index contributed by atoms with van der Waals surface area (Å²) >= 11 is 6.00. The highest BCUT2D eigenvalue weighted by atomic mass is 35.5. The van der Waals surface area contributed by atoms with Gasteiger partial charge in [0.2, 0.25) is 5.91 Å². The second-order valence-corrected chi connectivity index (χ2v) is 7.67. The lowest BCUT2D eigenvalue weighted by Gasteiger charge is -2.27. The van der Waals surface area contributed by atoms with Crippen LogP contribution in [-0.4, -0.2) is 41.3 Å². The number of rotatable bonds is 7. The molecule has 1 N–H and O–H groups in total. The van der Waals surface area contributed by atoms with Crippen LogP contribution in [0, 0.1) is 0 Å². The van der Waals surface area contributed by atoms with E-state index in [1.807, 2.05) is 53.4 Å². The molecule has 4 rings (SSSR count). The number of nitrogens with zero attached hydrogens (tertiary/aromatic N) is 2. The number of nitrogens with one attached hydrogen (secondary N) is 1. The highest BCUT2D eigenvalue weighted by molar-refractivity contribution is 6.30. The van der Waals surface area contributed by atoms with Gasteiger partial charge in [0, 0.05) is 47.8 Å². The van der Waals surface area contributed by atoms with Crippen molar-refractivity contribution in [1.29, 1.82) is 0 Å². The van der Waals surface area contributed by atoms with Crippen LogP contribution in [-0.2, 0) is 17.8 Å². The van der Waals surface area contributed by atoms with Gasteiger partial charge in [0.15, 0.2) is 0 Å². The fraction of sp³-hybridized carbons (Fsp3) is 0.304. The van der Waals surface area contributed by atoms with Gasteiger partial charge in [-0.15, -0.1) is 0 Å². The molecule has 7 heteroatoms. The minimum absolute atomic E-state index is 0.141. The molecule has 30 heavy (non-hydrogen) atoms. The number of H-pyrrole nitrogens is 1. The van der Waals surface area contributed by atoms with Crippen molar-refractivity contribution in [1.82, 2.24) is 15.1 Å². The first-order valence-corrected chi connectivity index (χ1v) is 10.4.